The highest BCUT2D eigenvalue weighted by molar-refractivity contribution is 5.68. The van der Waals surface area contributed by atoms with E-state index in [0.29, 0.717) is 12.4 Å². The van der Waals surface area contributed by atoms with Crippen molar-refractivity contribution in [3.8, 4) is 0 Å². The Labute approximate surface area is 91.9 Å². The summed E-state index contributed by atoms with van der Waals surface area (Å²) in [5.41, 5.74) is -0.264. The number of carboxylic acids is 1. The third-order valence-electron chi connectivity index (χ3n) is 2.75. The molecule has 0 amide bonds. The van der Waals surface area contributed by atoms with Gasteiger partial charge < -0.3 is 15.0 Å². The van der Waals surface area contributed by atoms with E-state index in [1.165, 1.54) is 12.4 Å². The van der Waals surface area contributed by atoms with Crippen molar-refractivity contribution in [3.63, 3.8) is 0 Å². The molecule has 1 unspecified atom stereocenters. The van der Waals surface area contributed by atoms with E-state index in [2.05, 4.69) is 9.97 Å². The quantitative estimate of drug-likeness (QED) is 0.765. The van der Waals surface area contributed by atoms with Crippen molar-refractivity contribution < 1.29 is 9.90 Å². The molecule has 2 rings (SSSR count). The zero-order valence-corrected chi connectivity index (χ0v) is 8.72. The first kappa shape index (κ1) is 10.7. The molecule has 0 saturated carbocycles. The van der Waals surface area contributed by atoms with Crippen LogP contribution >= 0.6 is 0 Å². The van der Waals surface area contributed by atoms with Gasteiger partial charge in [-0.2, -0.15) is 0 Å². The Balaban J connectivity index is 2.23. The van der Waals surface area contributed by atoms with Crippen molar-refractivity contribution in [1.82, 2.24) is 9.97 Å². The van der Waals surface area contributed by atoms with Crippen LogP contribution in [0.5, 0.6) is 0 Å². The van der Waals surface area contributed by atoms with Gasteiger partial charge in [0.1, 0.15) is 0 Å². The summed E-state index contributed by atoms with van der Waals surface area (Å²) in [6, 6.07) is -0.117. The molecule has 1 aromatic heterocycles. The first-order valence-corrected chi connectivity index (χ1v) is 5.20. The summed E-state index contributed by atoms with van der Waals surface area (Å²) in [5.74, 6) is -0.518. The van der Waals surface area contributed by atoms with Crippen molar-refractivity contribution in [2.75, 3.05) is 11.4 Å². The topological polar surface area (TPSA) is 86.3 Å². The number of carbonyl (C=O) groups is 1. The normalized spacial score (nSPS) is 20.0. The Bertz CT molecular complexity index is 443. The van der Waals surface area contributed by atoms with E-state index in [9.17, 15) is 9.59 Å². The molecule has 1 aliphatic heterocycles. The van der Waals surface area contributed by atoms with Crippen LogP contribution in [0.2, 0.25) is 0 Å². The first-order chi connectivity index (χ1) is 7.68. The number of H-pyrrole nitrogens is 1. The minimum Gasteiger partial charge on any atom is -0.481 e. The standard InChI is InChI=1S/C10H13N3O3/c14-8(15)6-7-2-1-5-13(7)9-10(16)12-4-3-11-9/h3-4,7H,1-2,5-6H2,(H,12,16)(H,14,15). The number of rotatable bonds is 3. The molecule has 1 atom stereocenters. The molecule has 0 bridgehead atoms. The largest absolute Gasteiger partial charge is 0.481 e. The summed E-state index contributed by atoms with van der Waals surface area (Å²) in [6.45, 7) is 0.692. The Morgan fingerprint density at radius 3 is 3.19 bits per heavy atom. The summed E-state index contributed by atoms with van der Waals surface area (Å²) in [6.07, 6.45) is 4.72. The molecule has 0 spiro atoms. The molecule has 1 saturated heterocycles. The van der Waals surface area contributed by atoms with Crippen LogP contribution in [0.25, 0.3) is 0 Å². The van der Waals surface area contributed by atoms with Crippen LogP contribution in [0.3, 0.4) is 0 Å². The highest BCUT2D eigenvalue weighted by Gasteiger charge is 2.28. The molecule has 86 valence electrons. The van der Waals surface area contributed by atoms with E-state index in [-0.39, 0.29) is 18.0 Å². The van der Waals surface area contributed by atoms with Crippen molar-refractivity contribution in [3.05, 3.63) is 22.7 Å². The average molecular weight is 223 g/mol. The van der Waals surface area contributed by atoms with Crippen molar-refractivity contribution in [1.29, 1.82) is 0 Å². The van der Waals surface area contributed by atoms with E-state index in [0.717, 1.165) is 12.8 Å². The molecule has 0 aromatic carbocycles. The fourth-order valence-electron chi connectivity index (χ4n) is 2.08. The van der Waals surface area contributed by atoms with Gasteiger partial charge >= 0.3 is 5.97 Å². The second-order valence-corrected chi connectivity index (χ2v) is 3.83. The van der Waals surface area contributed by atoms with E-state index >= 15 is 0 Å². The molecule has 1 aliphatic rings. The second-order valence-electron chi connectivity index (χ2n) is 3.83. The van der Waals surface area contributed by atoms with Crippen LogP contribution in [0.4, 0.5) is 5.82 Å². The molecule has 2 N–H and O–H groups in total. The smallest absolute Gasteiger partial charge is 0.305 e. The Hall–Kier alpha value is -1.85. The van der Waals surface area contributed by atoms with Crippen LogP contribution < -0.4 is 10.5 Å². The number of aliphatic carboxylic acids is 1. The maximum Gasteiger partial charge on any atom is 0.305 e. The number of anilines is 1. The van der Waals surface area contributed by atoms with E-state index in [1.54, 1.807) is 4.90 Å². The molecule has 16 heavy (non-hydrogen) atoms. The molecule has 2 heterocycles. The van der Waals surface area contributed by atoms with Gasteiger partial charge in [0.15, 0.2) is 5.82 Å². The predicted octanol–water partition coefficient (Wildman–Crippen LogP) is 0.213. The Morgan fingerprint density at radius 1 is 1.69 bits per heavy atom. The van der Waals surface area contributed by atoms with Gasteiger partial charge in [0, 0.05) is 25.0 Å². The van der Waals surface area contributed by atoms with Crippen molar-refractivity contribution in [2.45, 2.75) is 25.3 Å². The molecule has 6 heteroatoms. The fraction of sp³-hybridized carbons (Fsp3) is 0.500. The first-order valence-electron chi connectivity index (χ1n) is 5.20. The van der Waals surface area contributed by atoms with Crippen LogP contribution in [-0.2, 0) is 4.79 Å². The SMILES string of the molecule is O=C(O)CC1CCCN1c1ncc[nH]c1=O. The molecular weight excluding hydrogens is 210 g/mol. The van der Waals surface area contributed by atoms with Crippen LogP contribution in [0.15, 0.2) is 17.2 Å². The summed E-state index contributed by atoms with van der Waals surface area (Å²) in [5, 5.41) is 8.77. The molecule has 0 aliphatic carbocycles. The second kappa shape index (κ2) is 4.34. The molecular formula is C10H13N3O3. The van der Waals surface area contributed by atoms with Gasteiger partial charge in [-0.3, -0.25) is 9.59 Å². The van der Waals surface area contributed by atoms with Gasteiger partial charge in [-0.25, -0.2) is 4.98 Å². The predicted molar refractivity (Wildman–Crippen MR) is 57.5 cm³/mol. The van der Waals surface area contributed by atoms with E-state index in [1.807, 2.05) is 0 Å². The average Bonchev–Trinajstić information content (AvgIpc) is 2.66. The number of aromatic amines is 1. The van der Waals surface area contributed by atoms with Gasteiger partial charge in [0.2, 0.25) is 0 Å². The fourth-order valence-corrected chi connectivity index (χ4v) is 2.08. The Morgan fingerprint density at radius 2 is 2.50 bits per heavy atom. The van der Waals surface area contributed by atoms with Gasteiger partial charge in [0.05, 0.1) is 6.42 Å². The lowest BCUT2D eigenvalue weighted by Crippen LogP contribution is -2.35. The summed E-state index contributed by atoms with van der Waals surface area (Å²) in [4.78, 5) is 30.5. The van der Waals surface area contributed by atoms with Gasteiger partial charge in [-0.15, -0.1) is 0 Å². The minimum absolute atomic E-state index is 0.0516. The van der Waals surface area contributed by atoms with Gasteiger partial charge in [0.25, 0.3) is 5.56 Å². The summed E-state index contributed by atoms with van der Waals surface area (Å²) < 4.78 is 0. The number of carboxylic acid groups (broad SMARTS) is 1. The third kappa shape index (κ3) is 2.05. The van der Waals surface area contributed by atoms with E-state index < -0.39 is 5.97 Å². The number of nitrogens with one attached hydrogen (secondary N) is 1. The minimum atomic E-state index is -0.843. The van der Waals surface area contributed by atoms with Crippen LogP contribution in [-0.4, -0.2) is 33.6 Å². The maximum absolute atomic E-state index is 11.5. The monoisotopic (exact) mass is 223 g/mol. The summed E-state index contributed by atoms with van der Waals surface area (Å²) >= 11 is 0. The third-order valence-corrected chi connectivity index (χ3v) is 2.75. The number of hydrogen-bond acceptors (Lipinski definition) is 4. The van der Waals surface area contributed by atoms with Gasteiger partial charge in [-0.05, 0) is 12.8 Å². The van der Waals surface area contributed by atoms with E-state index in [4.69, 9.17) is 5.11 Å². The lowest BCUT2D eigenvalue weighted by molar-refractivity contribution is -0.137. The number of aromatic nitrogens is 2. The highest BCUT2D eigenvalue weighted by atomic mass is 16.4. The Kier molecular flexibility index (Phi) is 2.89. The lowest BCUT2D eigenvalue weighted by Gasteiger charge is -2.23. The lowest BCUT2D eigenvalue weighted by atomic mass is 10.1. The summed E-state index contributed by atoms with van der Waals surface area (Å²) in [7, 11) is 0. The van der Waals surface area contributed by atoms with Crippen molar-refractivity contribution >= 4 is 11.8 Å². The van der Waals surface area contributed by atoms with Crippen molar-refractivity contribution in [2.24, 2.45) is 0 Å². The molecule has 1 fully saturated rings. The molecule has 0 radical (unpaired) electrons. The number of nitrogens with zero attached hydrogens (tertiary/aromatic N) is 2. The van der Waals surface area contributed by atoms with Crippen LogP contribution in [0, 0.1) is 0 Å². The molecule has 1 aromatic rings. The molecule has 6 nitrogen and oxygen atoms in total. The highest BCUT2D eigenvalue weighted by Crippen LogP contribution is 2.23. The number of hydrogen-bond donors (Lipinski definition) is 2. The van der Waals surface area contributed by atoms with Crippen LogP contribution in [0.1, 0.15) is 19.3 Å². The maximum atomic E-state index is 11.5. The zero-order valence-electron chi connectivity index (χ0n) is 8.72. The zero-order chi connectivity index (χ0) is 11.5. The van der Waals surface area contributed by atoms with Gasteiger partial charge in [-0.1, -0.05) is 0 Å².